The van der Waals surface area contributed by atoms with Gasteiger partial charge in [0.05, 0.1) is 50.3 Å². The van der Waals surface area contributed by atoms with Crippen LogP contribution in [-0.4, -0.2) is 119 Å². The van der Waals surface area contributed by atoms with Gasteiger partial charge in [0.15, 0.2) is 12.6 Å². The van der Waals surface area contributed by atoms with Gasteiger partial charge in [-0.3, -0.25) is 4.79 Å². The lowest BCUT2D eigenvalue weighted by Crippen LogP contribution is -2.51. The second-order valence-corrected chi connectivity index (χ2v) is 19.3. The van der Waals surface area contributed by atoms with Gasteiger partial charge in [0.1, 0.15) is 18.0 Å². The van der Waals surface area contributed by atoms with E-state index in [1.807, 2.05) is 0 Å². The summed E-state index contributed by atoms with van der Waals surface area (Å²) >= 11 is 0. The number of aliphatic hydroxyl groups is 4. The van der Waals surface area contributed by atoms with Gasteiger partial charge in [0.25, 0.3) is 5.97 Å². The molecule has 61 heavy (non-hydrogen) atoms. The van der Waals surface area contributed by atoms with E-state index < -0.39 is 48.9 Å². The van der Waals surface area contributed by atoms with E-state index in [-0.39, 0.29) is 48.2 Å². The third kappa shape index (κ3) is 12.1. The van der Waals surface area contributed by atoms with Gasteiger partial charge in [-0.2, -0.15) is 0 Å². The number of carboxylic acid groups (broad SMARTS) is 2. The van der Waals surface area contributed by atoms with Crippen LogP contribution >= 0.6 is 0 Å². The van der Waals surface area contributed by atoms with Crippen LogP contribution in [0.5, 0.6) is 5.75 Å². The molecule has 7 rings (SSSR count). The lowest BCUT2D eigenvalue weighted by molar-refractivity contribution is -0.289. The van der Waals surface area contributed by atoms with Crippen LogP contribution in [0.15, 0.2) is 35.9 Å². The van der Waals surface area contributed by atoms with Crippen LogP contribution < -0.4 is 10.5 Å². The van der Waals surface area contributed by atoms with Crippen molar-refractivity contribution in [3.63, 3.8) is 0 Å². The molecule has 5 fully saturated rings. The number of carboxylic acids is 2. The maximum absolute atomic E-state index is 10.8. The summed E-state index contributed by atoms with van der Waals surface area (Å²) in [5, 5.41) is 57.1. The van der Waals surface area contributed by atoms with E-state index in [1.165, 1.54) is 44.1 Å². The summed E-state index contributed by atoms with van der Waals surface area (Å²) < 4.78 is 29.7. The number of hydrogen-bond acceptors (Lipinski definition) is 12. The fourth-order valence-corrected chi connectivity index (χ4v) is 11.8. The number of aliphatic hydroxyl groups excluding tert-OH is 4. The first kappa shape index (κ1) is 49.4. The predicted octanol–water partition coefficient (Wildman–Crippen LogP) is 5.77. The highest BCUT2D eigenvalue weighted by molar-refractivity contribution is 5.87. The Bertz CT molecular complexity index is 1590. The Morgan fingerprint density at radius 3 is 2.11 bits per heavy atom. The fourth-order valence-electron chi connectivity index (χ4n) is 11.8. The van der Waals surface area contributed by atoms with E-state index in [0.717, 1.165) is 58.4 Å². The van der Waals surface area contributed by atoms with Crippen molar-refractivity contribution in [2.45, 2.75) is 161 Å². The molecule has 14 unspecified atom stereocenters. The Balaban J connectivity index is 0.000000398. The zero-order chi connectivity index (χ0) is 44.6. The van der Waals surface area contributed by atoms with E-state index in [9.17, 15) is 25.2 Å². The molecule has 8 N–H and O–H groups in total. The summed E-state index contributed by atoms with van der Waals surface area (Å²) in [5.41, 5.74) is 8.10. The molecule has 2 aliphatic heterocycles. The Morgan fingerprint density at radius 1 is 0.852 bits per heavy atom. The smallest absolute Gasteiger partial charge is 0.335 e. The molecule has 0 bridgehead atoms. The molecule has 14 heteroatoms. The number of fused-ring (bicyclic) bond motifs is 5. The summed E-state index contributed by atoms with van der Waals surface area (Å²) in [6.07, 6.45) is 9.50. The molecule has 2 heterocycles. The van der Waals surface area contributed by atoms with Gasteiger partial charge in [0.2, 0.25) is 0 Å². The lowest BCUT2D eigenvalue weighted by atomic mass is 9.47. The lowest BCUT2D eigenvalue weighted by Gasteiger charge is -2.58. The largest absolute Gasteiger partial charge is 0.497 e. The average Bonchev–Trinajstić information content (AvgIpc) is 3.52. The van der Waals surface area contributed by atoms with Crippen LogP contribution in [0.1, 0.15) is 122 Å². The Morgan fingerprint density at radius 2 is 1.49 bits per heavy atom. The number of aromatic carboxylic acids is 1. The molecule has 1 aromatic carbocycles. The van der Waals surface area contributed by atoms with Gasteiger partial charge in [-0.25, -0.2) is 4.79 Å². The summed E-state index contributed by atoms with van der Waals surface area (Å²) in [6, 6.07) is 6.23. The molecule has 346 valence electrons. The molecule has 14 nitrogen and oxygen atoms in total. The minimum absolute atomic E-state index is 0.00915. The molecule has 1 aromatic rings. The van der Waals surface area contributed by atoms with Crippen molar-refractivity contribution in [3.05, 3.63) is 41.5 Å². The molecule has 0 spiro atoms. The van der Waals surface area contributed by atoms with Crippen molar-refractivity contribution in [3.8, 4) is 5.75 Å². The molecular weight excluding hydrogens is 787 g/mol. The van der Waals surface area contributed by atoms with Gasteiger partial charge in [-0.05, 0) is 129 Å². The fraction of sp³-hybridized carbons (Fsp3) is 0.787. The summed E-state index contributed by atoms with van der Waals surface area (Å²) in [6.45, 7) is 11.7. The van der Waals surface area contributed by atoms with Gasteiger partial charge in [0, 0.05) is 19.8 Å². The molecular formula is C47H75NO13. The van der Waals surface area contributed by atoms with Gasteiger partial charge >= 0.3 is 5.97 Å². The van der Waals surface area contributed by atoms with Crippen LogP contribution in [0.2, 0.25) is 0 Å². The van der Waals surface area contributed by atoms with Crippen LogP contribution in [-0.2, 0) is 23.7 Å². The molecule has 6 aliphatic rings. The van der Waals surface area contributed by atoms with Gasteiger partial charge < -0.3 is 60.1 Å². The van der Waals surface area contributed by atoms with Gasteiger partial charge in [-0.15, -0.1) is 0 Å². The van der Waals surface area contributed by atoms with E-state index >= 15 is 0 Å². The van der Waals surface area contributed by atoms with Gasteiger partial charge in [-0.1, -0.05) is 52.2 Å². The Labute approximate surface area is 362 Å². The Kier molecular flexibility index (Phi) is 17.7. The van der Waals surface area contributed by atoms with E-state index in [2.05, 4.69) is 33.8 Å². The molecule has 0 amide bonds. The zero-order valence-electron chi connectivity index (χ0n) is 37.2. The standard InChI is InChI=1S/C37H63NO8.C8H8O3.C2H4O2/c1-21(18-38)6-5-7-22(2)35-32(46-34-17-31(30(42)20-44-34)45-33-16-28(40)29(41)19-43-33)15-27-25-9-8-23-14-24(39)10-12-36(23,3)26(25)11-13-37(27,35)4;1-11-7-4-2-6(3-5-7)8(9)10;1-2(3)4/h8,21-22,24-35,39-42H,5-7,9-20,38H2,1-4H3;2-5H,1H3,(H,9,10);1H3,(H,3,4)/t21?,22-,24?,25?,26?,27?,28?,29-,30?,31?,32?,33?,34?,35?,36?,37?;;/m1../s1. The topological polar surface area (TPSA) is 228 Å². The molecule has 3 saturated carbocycles. The molecule has 4 aliphatic carbocycles. The highest BCUT2D eigenvalue weighted by Crippen LogP contribution is 2.68. The third-order valence-electron chi connectivity index (χ3n) is 15.2. The van der Waals surface area contributed by atoms with Crippen molar-refractivity contribution >= 4 is 11.9 Å². The number of aliphatic carboxylic acids is 1. The van der Waals surface area contributed by atoms with Crippen LogP contribution in [0.25, 0.3) is 0 Å². The van der Waals surface area contributed by atoms with Crippen LogP contribution in [0, 0.1) is 46.3 Å². The Hall–Kier alpha value is -2.66. The average molecular weight is 862 g/mol. The SMILES string of the molecule is CC(=O)O.CC(CN)CCC[C@@H](C)C1C(OC2CC(OC3CC(O)[C@H](O)CO3)C(O)CO2)CC2C3CC=C4CC(O)CCC4(C)C3CCC21C.COc1ccc(C(=O)O)cc1. The quantitative estimate of drug-likeness (QED) is 0.124. The minimum atomic E-state index is -0.923. The highest BCUT2D eigenvalue weighted by atomic mass is 16.7. The number of ether oxygens (including phenoxy) is 5. The van der Waals surface area contributed by atoms with Crippen molar-refractivity contribution in [2.24, 2.45) is 52.1 Å². The first-order valence-corrected chi connectivity index (χ1v) is 22.6. The summed E-state index contributed by atoms with van der Waals surface area (Å²) in [4.78, 5) is 19.4. The monoisotopic (exact) mass is 862 g/mol. The normalized spacial score (nSPS) is 39.0. The second-order valence-electron chi connectivity index (χ2n) is 19.3. The molecule has 2 saturated heterocycles. The number of hydrogen-bond donors (Lipinski definition) is 7. The molecule has 16 atom stereocenters. The van der Waals surface area contributed by atoms with Crippen molar-refractivity contribution < 1.29 is 63.9 Å². The molecule has 0 aromatic heterocycles. The second kappa shape index (κ2) is 21.8. The summed E-state index contributed by atoms with van der Waals surface area (Å²) in [7, 11) is 1.54. The van der Waals surface area contributed by atoms with E-state index in [1.54, 1.807) is 12.1 Å². The summed E-state index contributed by atoms with van der Waals surface area (Å²) in [5.74, 6) is 2.20. The third-order valence-corrected chi connectivity index (χ3v) is 15.2. The number of allylic oxidation sites excluding steroid dienone is 1. The number of nitrogens with two attached hydrogens (primary N) is 1. The van der Waals surface area contributed by atoms with E-state index in [0.29, 0.717) is 47.7 Å². The zero-order valence-corrected chi connectivity index (χ0v) is 37.2. The first-order valence-electron chi connectivity index (χ1n) is 22.6. The molecule has 0 radical (unpaired) electrons. The minimum Gasteiger partial charge on any atom is -0.497 e. The van der Waals surface area contributed by atoms with Crippen molar-refractivity contribution in [2.75, 3.05) is 26.9 Å². The number of methoxy groups -OCH3 is 1. The van der Waals surface area contributed by atoms with Crippen LogP contribution in [0.4, 0.5) is 0 Å². The maximum Gasteiger partial charge on any atom is 0.335 e. The van der Waals surface area contributed by atoms with E-state index in [4.69, 9.17) is 44.4 Å². The van der Waals surface area contributed by atoms with Crippen molar-refractivity contribution in [1.82, 2.24) is 0 Å². The number of benzene rings is 1. The number of rotatable bonds is 12. The highest BCUT2D eigenvalue weighted by Gasteiger charge is 2.62. The predicted molar refractivity (Wildman–Crippen MR) is 228 cm³/mol. The number of carbonyl (C=O) groups is 2. The van der Waals surface area contributed by atoms with Crippen LogP contribution in [0.3, 0.4) is 0 Å². The maximum atomic E-state index is 10.8. The van der Waals surface area contributed by atoms with Crippen molar-refractivity contribution in [1.29, 1.82) is 0 Å². The first-order chi connectivity index (χ1) is 28.9.